The zero-order valence-corrected chi connectivity index (χ0v) is 11.9. The average Bonchev–Trinajstić information content (AvgIpc) is 2.84. The number of hydrogen-bond donors (Lipinski definition) is 2. The summed E-state index contributed by atoms with van der Waals surface area (Å²) in [5, 5.41) is 10.9. The van der Waals surface area contributed by atoms with Crippen molar-refractivity contribution < 1.29 is 13.9 Å². The molecule has 0 amide bonds. The molecule has 0 saturated heterocycles. The van der Waals surface area contributed by atoms with Crippen molar-refractivity contribution in [2.75, 3.05) is 0 Å². The van der Waals surface area contributed by atoms with Gasteiger partial charge >= 0.3 is 0 Å². The smallest absolute Gasteiger partial charge is 0.161 e. The van der Waals surface area contributed by atoms with Crippen LogP contribution >= 0.6 is 23.2 Å². The van der Waals surface area contributed by atoms with Crippen molar-refractivity contribution in [3.63, 3.8) is 0 Å². The number of nitrogens with one attached hydrogen (secondary N) is 1. The Morgan fingerprint density at radius 3 is 2.48 bits per heavy atom. The molecule has 0 aliphatic carbocycles. The Bertz CT molecular complexity index is 796. The largest absolute Gasteiger partial charge is 0.380 e. The van der Waals surface area contributed by atoms with Gasteiger partial charge in [-0.1, -0.05) is 29.3 Å². The van der Waals surface area contributed by atoms with Gasteiger partial charge < -0.3 is 10.1 Å². The van der Waals surface area contributed by atoms with Crippen molar-refractivity contribution in [1.29, 1.82) is 0 Å². The highest BCUT2D eigenvalue weighted by molar-refractivity contribution is 6.42. The minimum atomic E-state index is -1.11. The van der Waals surface area contributed by atoms with E-state index < -0.39 is 17.7 Å². The molecule has 0 bridgehead atoms. The van der Waals surface area contributed by atoms with Gasteiger partial charge in [0, 0.05) is 12.1 Å². The third kappa shape index (κ3) is 2.60. The summed E-state index contributed by atoms with van der Waals surface area (Å²) in [6.45, 7) is 0. The number of benzene rings is 2. The van der Waals surface area contributed by atoms with Crippen LogP contribution in [-0.4, -0.2) is 15.1 Å². The molecule has 3 nitrogen and oxygen atoms in total. The summed E-state index contributed by atoms with van der Waals surface area (Å²) < 4.78 is 26.3. The molecule has 3 aromatic rings. The number of rotatable bonds is 2. The number of aromatic nitrogens is 2. The molecule has 1 aromatic heterocycles. The molecule has 0 spiro atoms. The Morgan fingerprint density at radius 2 is 1.76 bits per heavy atom. The molecule has 0 saturated carbocycles. The predicted octanol–water partition coefficient (Wildman–Crippen LogP) is 4.23. The van der Waals surface area contributed by atoms with Crippen LogP contribution in [-0.2, 0) is 0 Å². The maximum absolute atomic E-state index is 13.2. The molecule has 2 aromatic carbocycles. The Morgan fingerprint density at radius 1 is 1.05 bits per heavy atom. The van der Waals surface area contributed by atoms with Crippen molar-refractivity contribution in [2.24, 2.45) is 0 Å². The zero-order chi connectivity index (χ0) is 15.1. The highest BCUT2D eigenvalue weighted by Gasteiger charge is 2.17. The standard InChI is InChI=1S/C14H8Cl2F2N2O/c15-7-2-1-6(3-8(7)16)13(21)14-19-11-4-9(17)10(18)5-12(11)20-14/h1-5,13,21H,(H,19,20)/t13-/m1/s1. The number of nitrogens with zero attached hydrogens (tertiary/aromatic N) is 1. The van der Waals surface area contributed by atoms with Gasteiger partial charge in [0.05, 0.1) is 21.1 Å². The molecule has 0 unspecified atom stereocenters. The second-order valence-corrected chi connectivity index (χ2v) is 5.30. The van der Waals surface area contributed by atoms with Gasteiger partial charge in [-0.3, -0.25) is 0 Å². The van der Waals surface area contributed by atoms with Crippen LogP contribution in [0.15, 0.2) is 30.3 Å². The number of halogens is 4. The highest BCUT2D eigenvalue weighted by atomic mass is 35.5. The summed E-state index contributed by atoms with van der Waals surface area (Å²) in [5.74, 6) is -1.82. The van der Waals surface area contributed by atoms with E-state index in [1.807, 2.05) is 0 Å². The Hall–Kier alpha value is -1.69. The summed E-state index contributed by atoms with van der Waals surface area (Å²) in [6, 6.07) is 6.59. The zero-order valence-electron chi connectivity index (χ0n) is 10.4. The summed E-state index contributed by atoms with van der Waals surface area (Å²) in [5.41, 5.74) is 0.982. The first-order valence-electron chi connectivity index (χ1n) is 5.93. The average molecular weight is 329 g/mol. The van der Waals surface area contributed by atoms with Gasteiger partial charge in [-0.05, 0) is 17.7 Å². The van der Waals surface area contributed by atoms with E-state index in [0.717, 1.165) is 12.1 Å². The van der Waals surface area contributed by atoms with Crippen molar-refractivity contribution in [3.05, 3.63) is 63.4 Å². The molecule has 2 N–H and O–H groups in total. The van der Waals surface area contributed by atoms with Crippen LogP contribution in [0.3, 0.4) is 0 Å². The number of imidazole rings is 1. The van der Waals surface area contributed by atoms with Crippen molar-refractivity contribution in [2.45, 2.75) is 6.10 Å². The first-order valence-corrected chi connectivity index (χ1v) is 6.69. The first kappa shape index (κ1) is 14.3. The molecule has 21 heavy (non-hydrogen) atoms. The van der Waals surface area contributed by atoms with Crippen molar-refractivity contribution in [1.82, 2.24) is 9.97 Å². The molecular weight excluding hydrogens is 321 g/mol. The topological polar surface area (TPSA) is 48.9 Å². The Labute approximate surface area is 128 Å². The van der Waals surface area contributed by atoms with Crippen LogP contribution < -0.4 is 0 Å². The van der Waals surface area contributed by atoms with Crippen LogP contribution in [0.5, 0.6) is 0 Å². The maximum Gasteiger partial charge on any atom is 0.161 e. The summed E-state index contributed by atoms with van der Waals surface area (Å²) in [7, 11) is 0. The summed E-state index contributed by atoms with van der Waals surface area (Å²) >= 11 is 11.7. The number of aliphatic hydroxyl groups is 1. The molecular formula is C14H8Cl2F2N2O. The lowest BCUT2D eigenvalue weighted by molar-refractivity contribution is 0.211. The number of H-pyrrole nitrogens is 1. The van der Waals surface area contributed by atoms with Crippen LogP contribution in [0.1, 0.15) is 17.5 Å². The summed E-state index contributed by atoms with van der Waals surface area (Å²) in [6.07, 6.45) is -1.11. The van der Waals surface area contributed by atoms with Gasteiger partial charge in [-0.15, -0.1) is 0 Å². The van der Waals surface area contributed by atoms with Crippen LogP contribution in [0.25, 0.3) is 11.0 Å². The monoisotopic (exact) mass is 328 g/mol. The van der Waals surface area contributed by atoms with Crippen LogP contribution in [0.2, 0.25) is 10.0 Å². The van der Waals surface area contributed by atoms with E-state index in [-0.39, 0.29) is 11.3 Å². The third-order valence-corrected chi connectivity index (χ3v) is 3.80. The first-order chi connectivity index (χ1) is 9.95. The lowest BCUT2D eigenvalue weighted by atomic mass is 10.1. The molecule has 0 fully saturated rings. The SMILES string of the molecule is O[C@H](c1ccc(Cl)c(Cl)c1)c1nc2cc(F)c(F)cc2[nH]1. The van der Waals surface area contributed by atoms with Gasteiger partial charge in [0.1, 0.15) is 11.9 Å². The fourth-order valence-electron chi connectivity index (χ4n) is 1.99. The number of hydrogen-bond acceptors (Lipinski definition) is 2. The highest BCUT2D eigenvalue weighted by Crippen LogP contribution is 2.29. The van der Waals surface area contributed by atoms with E-state index in [0.29, 0.717) is 21.1 Å². The second-order valence-electron chi connectivity index (χ2n) is 4.48. The summed E-state index contributed by atoms with van der Waals surface area (Å²) in [4.78, 5) is 6.81. The molecule has 0 radical (unpaired) electrons. The minimum Gasteiger partial charge on any atom is -0.380 e. The maximum atomic E-state index is 13.2. The Kier molecular flexibility index (Phi) is 3.57. The molecule has 108 valence electrons. The molecule has 0 aliphatic rings. The fourth-order valence-corrected chi connectivity index (χ4v) is 2.30. The van der Waals surface area contributed by atoms with E-state index in [9.17, 15) is 13.9 Å². The molecule has 1 atom stereocenters. The van der Waals surface area contributed by atoms with Crippen molar-refractivity contribution in [3.8, 4) is 0 Å². The molecule has 3 rings (SSSR count). The number of aliphatic hydroxyl groups excluding tert-OH is 1. The van der Waals surface area contributed by atoms with E-state index in [2.05, 4.69) is 9.97 Å². The van der Waals surface area contributed by atoms with E-state index in [1.54, 1.807) is 12.1 Å². The van der Waals surface area contributed by atoms with Crippen molar-refractivity contribution >= 4 is 34.2 Å². The Balaban J connectivity index is 2.04. The normalized spacial score (nSPS) is 12.8. The van der Waals surface area contributed by atoms with E-state index in [1.165, 1.54) is 6.07 Å². The van der Waals surface area contributed by atoms with E-state index >= 15 is 0 Å². The van der Waals surface area contributed by atoms with Gasteiger partial charge in [0.25, 0.3) is 0 Å². The number of aromatic amines is 1. The second kappa shape index (κ2) is 5.26. The molecule has 7 heteroatoms. The molecule has 1 heterocycles. The predicted molar refractivity (Wildman–Crippen MR) is 76.5 cm³/mol. The van der Waals surface area contributed by atoms with Gasteiger partial charge in [-0.2, -0.15) is 0 Å². The molecule has 0 aliphatic heterocycles. The van der Waals surface area contributed by atoms with Crippen LogP contribution in [0, 0.1) is 11.6 Å². The van der Waals surface area contributed by atoms with Gasteiger partial charge in [0.15, 0.2) is 11.6 Å². The lowest BCUT2D eigenvalue weighted by Crippen LogP contribution is -2.01. The van der Waals surface area contributed by atoms with Crippen LogP contribution in [0.4, 0.5) is 8.78 Å². The quantitative estimate of drug-likeness (QED) is 0.739. The minimum absolute atomic E-state index is 0.161. The third-order valence-electron chi connectivity index (χ3n) is 3.06. The van der Waals surface area contributed by atoms with Gasteiger partial charge in [-0.25, -0.2) is 13.8 Å². The fraction of sp³-hybridized carbons (Fsp3) is 0.0714. The lowest BCUT2D eigenvalue weighted by Gasteiger charge is -2.08. The van der Waals surface area contributed by atoms with Gasteiger partial charge in [0.2, 0.25) is 0 Å². The van der Waals surface area contributed by atoms with E-state index in [4.69, 9.17) is 23.2 Å². The number of fused-ring (bicyclic) bond motifs is 1.